The molecule has 1 aromatic carbocycles. The molecule has 0 amide bonds. The van der Waals surface area contributed by atoms with Crippen molar-refractivity contribution in [3.8, 4) is 6.07 Å². The van der Waals surface area contributed by atoms with Gasteiger partial charge >= 0.3 is 6.18 Å². The van der Waals surface area contributed by atoms with Gasteiger partial charge in [-0.05, 0) is 30.7 Å². The van der Waals surface area contributed by atoms with Crippen LogP contribution in [0.3, 0.4) is 0 Å². The molecule has 3 N–H and O–H groups in total. The predicted molar refractivity (Wildman–Crippen MR) is 97.4 cm³/mol. The van der Waals surface area contributed by atoms with Gasteiger partial charge in [0, 0.05) is 13.2 Å². The van der Waals surface area contributed by atoms with Crippen LogP contribution in [0, 0.1) is 17.1 Å². The topological polar surface area (TPSA) is 113 Å². The average molecular weight is 431 g/mol. The number of amidine groups is 1. The van der Waals surface area contributed by atoms with Gasteiger partial charge in [-0.3, -0.25) is 0 Å². The van der Waals surface area contributed by atoms with Crippen molar-refractivity contribution in [3.63, 3.8) is 0 Å². The third kappa shape index (κ3) is 5.12. The highest BCUT2D eigenvalue weighted by Crippen LogP contribution is 2.25. The summed E-state index contributed by atoms with van der Waals surface area (Å²) in [6, 6.07) is 3.93. The van der Waals surface area contributed by atoms with E-state index in [0.29, 0.717) is 0 Å². The first-order valence-corrected chi connectivity index (χ1v) is 9.67. The number of alkyl halides is 3. The van der Waals surface area contributed by atoms with Gasteiger partial charge in [-0.2, -0.15) is 23.2 Å². The van der Waals surface area contributed by atoms with Gasteiger partial charge in [0.1, 0.15) is 28.7 Å². The maximum Gasteiger partial charge on any atom is 0.404 e. The molecule has 12 heteroatoms. The van der Waals surface area contributed by atoms with E-state index in [2.05, 4.69) is 4.99 Å². The summed E-state index contributed by atoms with van der Waals surface area (Å²) in [5.74, 6) is -0.911. The van der Waals surface area contributed by atoms with Crippen LogP contribution in [-0.4, -0.2) is 31.0 Å². The number of halogens is 4. The molecular weight excluding hydrogens is 414 g/mol. The third-order valence-corrected chi connectivity index (χ3v) is 5.41. The highest BCUT2D eigenvalue weighted by molar-refractivity contribution is 7.89. The molecule has 1 heterocycles. The molecule has 0 spiro atoms. The van der Waals surface area contributed by atoms with Crippen LogP contribution in [0.25, 0.3) is 0 Å². The molecule has 1 aromatic heterocycles. The van der Waals surface area contributed by atoms with Crippen LogP contribution in [0.15, 0.2) is 40.4 Å². The molecule has 0 aliphatic heterocycles. The highest BCUT2D eigenvalue weighted by atomic mass is 32.2. The Bertz CT molecular complexity index is 1080. The molecule has 29 heavy (non-hydrogen) atoms. The lowest BCUT2D eigenvalue weighted by Crippen LogP contribution is -2.44. The van der Waals surface area contributed by atoms with Crippen molar-refractivity contribution in [2.45, 2.75) is 30.5 Å². The summed E-state index contributed by atoms with van der Waals surface area (Å²) >= 11 is 0. The number of hydrogen-bond acceptors (Lipinski definition) is 4. The number of nitrogens with zero attached hydrogens (tertiary/aromatic N) is 3. The van der Waals surface area contributed by atoms with Crippen molar-refractivity contribution < 1.29 is 26.0 Å². The first kappa shape index (κ1) is 22.4. The summed E-state index contributed by atoms with van der Waals surface area (Å²) in [6.07, 6.45) is -4.12. The van der Waals surface area contributed by atoms with E-state index in [4.69, 9.17) is 11.0 Å². The van der Waals surface area contributed by atoms with E-state index in [1.807, 2.05) is 0 Å². The number of nitriles is 1. The fraction of sp³-hybridized carbons (Fsp3) is 0.294. The Morgan fingerprint density at radius 2 is 2.03 bits per heavy atom. The summed E-state index contributed by atoms with van der Waals surface area (Å²) in [6.45, 7) is 1.21. The monoisotopic (exact) mass is 431 g/mol. The molecule has 2 aromatic rings. The van der Waals surface area contributed by atoms with Gasteiger partial charge in [-0.15, -0.1) is 0 Å². The van der Waals surface area contributed by atoms with E-state index in [1.165, 1.54) is 24.6 Å². The number of nitrogens with two attached hydrogens (primary N) is 1. The number of aryl methyl sites for hydroxylation is 1. The Morgan fingerprint density at radius 1 is 1.38 bits per heavy atom. The summed E-state index contributed by atoms with van der Waals surface area (Å²) in [7, 11) is -3.04. The minimum Gasteiger partial charge on any atom is -0.382 e. The van der Waals surface area contributed by atoms with Gasteiger partial charge in [-0.1, -0.05) is 6.92 Å². The molecular formula is C17H17F4N5O2S. The van der Waals surface area contributed by atoms with Crippen LogP contribution >= 0.6 is 0 Å². The minimum atomic E-state index is -4.74. The van der Waals surface area contributed by atoms with Crippen LogP contribution < -0.4 is 10.5 Å². The van der Waals surface area contributed by atoms with Crippen LogP contribution in [0.5, 0.6) is 0 Å². The van der Waals surface area contributed by atoms with Crippen molar-refractivity contribution in [1.82, 2.24) is 9.29 Å². The Kier molecular flexibility index (Phi) is 6.34. The Hall–Kier alpha value is -2.91. The Balaban J connectivity index is 2.38. The number of benzene rings is 1. The zero-order valence-corrected chi connectivity index (χ0v) is 16.1. The molecule has 0 aliphatic carbocycles. The Morgan fingerprint density at radius 3 is 2.59 bits per heavy atom. The summed E-state index contributed by atoms with van der Waals surface area (Å²) in [5.41, 5.74) is 5.86. The van der Waals surface area contributed by atoms with Crippen LogP contribution in [0.1, 0.15) is 24.6 Å². The van der Waals surface area contributed by atoms with E-state index >= 15 is 0 Å². The second kappa shape index (κ2) is 8.22. The molecule has 7 nitrogen and oxygen atoms in total. The van der Waals surface area contributed by atoms with Crippen molar-refractivity contribution in [2.24, 2.45) is 17.8 Å². The maximum atomic E-state index is 13.4. The lowest BCUT2D eigenvalue weighted by Gasteiger charge is -2.19. The number of hydrogen-bond donors (Lipinski definition) is 2. The van der Waals surface area contributed by atoms with Crippen LogP contribution in [0.2, 0.25) is 0 Å². The minimum absolute atomic E-state index is 0.105. The van der Waals surface area contributed by atoms with Crippen LogP contribution in [-0.2, 0) is 17.1 Å². The molecule has 156 valence electrons. The molecule has 0 saturated heterocycles. The van der Waals surface area contributed by atoms with E-state index in [-0.39, 0.29) is 22.8 Å². The number of aliphatic imine (C=N–C) groups is 1. The molecule has 0 aliphatic rings. The van der Waals surface area contributed by atoms with E-state index in [0.717, 1.165) is 24.4 Å². The summed E-state index contributed by atoms with van der Waals surface area (Å²) < 4.78 is 79.6. The van der Waals surface area contributed by atoms with Gasteiger partial charge in [-0.25, -0.2) is 17.8 Å². The smallest absolute Gasteiger partial charge is 0.382 e. The molecule has 0 saturated carbocycles. The van der Waals surface area contributed by atoms with E-state index in [1.54, 1.807) is 10.8 Å². The molecule has 0 fully saturated rings. The molecule has 0 radical (unpaired) electrons. The SMILES string of the molecule is CC[C@@H](NS(=O)(=O)c1cc(C(N)=Nc2ccc(F)c(C#N)c2)n(C)c1)C(F)(F)F. The van der Waals surface area contributed by atoms with Gasteiger partial charge < -0.3 is 10.3 Å². The zero-order valence-electron chi connectivity index (χ0n) is 15.3. The molecule has 0 bridgehead atoms. The fourth-order valence-corrected chi connectivity index (χ4v) is 3.81. The van der Waals surface area contributed by atoms with Gasteiger partial charge in [0.15, 0.2) is 0 Å². The van der Waals surface area contributed by atoms with E-state index in [9.17, 15) is 26.0 Å². The second-order valence-corrected chi connectivity index (χ2v) is 7.78. The Labute approximate surface area is 164 Å². The summed E-state index contributed by atoms with van der Waals surface area (Å²) in [4.78, 5) is 3.59. The number of sulfonamides is 1. The quantitative estimate of drug-likeness (QED) is 0.416. The number of nitrogens with one attached hydrogen (secondary N) is 1. The van der Waals surface area contributed by atoms with Crippen LogP contribution in [0.4, 0.5) is 23.2 Å². The van der Waals surface area contributed by atoms with Crippen molar-refractivity contribution in [1.29, 1.82) is 5.26 Å². The third-order valence-electron chi connectivity index (χ3n) is 3.97. The van der Waals surface area contributed by atoms with Crippen molar-refractivity contribution in [2.75, 3.05) is 0 Å². The van der Waals surface area contributed by atoms with Crippen molar-refractivity contribution in [3.05, 3.63) is 47.5 Å². The largest absolute Gasteiger partial charge is 0.404 e. The molecule has 0 unspecified atom stereocenters. The molecule has 1 atom stereocenters. The highest BCUT2D eigenvalue weighted by Gasteiger charge is 2.41. The lowest BCUT2D eigenvalue weighted by atomic mass is 10.2. The average Bonchev–Trinajstić information content (AvgIpc) is 3.03. The normalized spacial score (nSPS) is 13.9. The zero-order chi connectivity index (χ0) is 22.0. The number of rotatable bonds is 6. The fourth-order valence-electron chi connectivity index (χ4n) is 2.44. The maximum absolute atomic E-state index is 13.4. The predicted octanol–water partition coefficient (Wildman–Crippen LogP) is 2.69. The van der Waals surface area contributed by atoms with Crippen molar-refractivity contribution >= 4 is 21.5 Å². The molecule has 2 rings (SSSR count). The first-order valence-electron chi connectivity index (χ1n) is 8.18. The van der Waals surface area contributed by atoms with Gasteiger partial charge in [0.25, 0.3) is 0 Å². The van der Waals surface area contributed by atoms with E-state index < -0.39 is 39.4 Å². The second-order valence-electron chi connectivity index (χ2n) is 6.07. The standard InChI is InChI=1S/C17H17F4N5O2S/c1-3-15(17(19,20)21)25-29(27,28)12-7-14(26(2)9-12)16(23)24-11-4-5-13(18)10(6-11)8-22/h4-7,9,15,25H,3H2,1-2H3,(H2,23,24)/t15-/m1/s1. The summed E-state index contributed by atoms with van der Waals surface area (Å²) in [5, 5.41) is 8.85. The van der Waals surface area contributed by atoms with Gasteiger partial charge in [0.2, 0.25) is 10.0 Å². The lowest BCUT2D eigenvalue weighted by molar-refractivity contribution is -0.151. The van der Waals surface area contributed by atoms with Gasteiger partial charge in [0.05, 0.1) is 16.9 Å². The first-order chi connectivity index (χ1) is 13.4. The number of aromatic nitrogens is 1.